The third-order valence-corrected chi connectivity index (χ3v) is 3.94. The minimum absolute atomic E-state index is 0.104. The average Bonchev–Trinajstić information content (AvgIpc) is 2.85. The maximum atomic E-state index is 14.3. The molecule has 1 aromatic heterocycles. The number of hydrogen-bond acceptors (Lipinski definition) is 3. The molecule has 2 nitrogen and oxygen atoms in total. The van der Waals surface area contributed by atoms with Gasteiger partial charge in [-0.3, -0.25) is 4.98 Å². The summed E-state index contributed by atoms with van der Waals surface area (Å²) in [4.78, 5) is 5.16. The van der Waals surface area contributed by atoms with Gasteiger partial charge in [0.1, 0.15) is 5.82 Å². The van der Waals surface area contributed by atoms with Gasteiger partial charge in [-0.15, -0.1) is 11.3 Å². The fourth-order valence-corrected chi connectivity index (χ4v) is 3.00. The molecule has 1 aromatic carbocycles. The van der Waals surface area contributed by atoms with Crippen LogP contribution in [0, 0.1) is 19.7 Å². The van der Waals surface area contributed by atoms with Crippen LogP contribution in [0.25, 0.3) is 0 Å². The van der Waals surface area contributed by atoms with Crippen molar-refractivity contribution in [2.24, 2.45) is 0 Å². The fourth-order valence-electron chi connectivity index (χ4n) is 2.29. The van der Waals surface area contributed by atoms with E-state index in [1.54, 1.807) is 22.9 Å². The Morgan fingerprint density at radius 3 is 2.74 bits per heavy atom. The van der Waals surface area contributed by atoms with Gasteiger partial charge in [0, 0.05) is 16.6 Å². The van der Waals surface area contributed by atoms with Gasteiger partial charge in [0.05, 0.1) is 11.6 Å². The highest BCUT2D eigenvalue weighted by atomic mass is 32.1. The first-order valence-electron chi connectivity index (χ1n) is 6.52. The number of thiazole rings is 1. The van der Waals surface area contributed by atoms with Crippen LogP contribution in [0.1, 0.15) is 41.0 Å². The van der Waals surface area contributed by atoms with E-state index in [-0.39, 0.29) is 11.9 Å². The van der Waals surface area contributed by atoms with E-state index in [9.17, 15) is 4.39 Å². The van der Waals surface area contributed by atoms with E-state index in [4.69, 9.17) is 0 Å². The Balaban J connectivity index is 2.44. The van der Waals surface area contributed by atoms with Gasteiger partial charge in [-0.1, -0.05) is 13.0 Å². The van der Waals surface area contributed by atoms with Crippen LogP contribution < -0.4 is 5.32 Å². The standard InChI is InChI=1S/C15H19FN2S/c1-4-5-18-15(13-8-17-9-19-13)14-11(3)6-10(2)7-12(14)16/h6-9,15,18H,4-5H2,1-3H3. The van der Waals surface area contributed by atoms with Crippen LogP contribution in [0.5, 0.6) is 0 Å². The lowest BCUT2D eigenvalue weighted by Crippen LogP contribution is -2.24. The third-order valence-electron chi connectivity index (χ3n) is 3.10. The topological polar surface area (TPSA) is 24.9 Å². The van der Waals surface area contributed by atoms with Crippen molar-refractivity contribution >= 4 is 11.3 Å². The number of nitrogens with one attached hydrogen (secondary N) is 1. The molecule has 0 aliphatic rings. The Morgan fingerprint density at radius 2 is 2.16 bits per heavy atom. The first kappa shape index (κ1) is 14.2. The van der Waals surface area contributed by atoms with Crippen molar-refractivity contribution in [3.8, 4) is 0 Å². The Bertz CT molecular complexity index is 514. The van der Waals surface area contributed by atoms with E-state index in [1.165, 1.54) is 0 Å². The van der Waals surface area contributed by atoms with Crippen LogP contribution in [0.4, 0.5) is 4.39 Å². The van der Waals surface area contributed by atoms with Crippen LogP contribution in [0.15, 0.2) is 23.8 Å². The molecular formula is C15H19FN2S. The van der Waals surface area contributed by atoms with E-state index in [0.717, 1.165) is 34.5 Å². The maximum Gasteiger partial charge on any atom is 0.128 e. The largest absolute Gasteiger partial charge is 0.305 e. The van der Waals surface area contributed by atoms with Gasteiger partial charge in [-0.2, -0.15) is 0 Å². The van der Waals surface area contributed by atoms with Gasteiger partial charge >= 0.3 is 0 Å². The molecule has 1 atom stereocenters. The lowest BCUT2D eigenvalue weighted by molar-refractivity contribution is 0.547. The lowest BCUT2D eigenvalue weighted by atomic mass is 9.97. The Hall–Kier alpha value is -1.26. The maximum absolute atomic E-state index is 14.3. The molecule has 0 saturated heterocycles. The molecule has 0 aliphatic heterocycles. The summed E-state index contributed by atoms with van der Waals surface area (Å²) in [5, 5.41) is 3.42. The molecule has 4 heteroatoms. The molecule has 2 aromatic rings. The van der Waals surface area contributed by atoms with Crippen molar-refractivity contribution in [2.75, 3.05) is 6.54 Å². The molecule has 0 amide bonds. The lowest BCUT2D eigenvalue weighted by Gasteiger charge is -2.20. The monoisotopic (exact) mass is 278 g/mol. The SMILES string of the molecule is CCCNC(c1cncs1)c1c(C)cc(C)cc1F. The summed E-state index contributed by atoms with van der Waals surface area (Å²) in [6, 6.07) is 3.53. The molecule has 0 saturated carbocycles. The molecular weight excluding hydrogens is 259 g/mol. The minimum atomic E-state index is -0.139. The molecule has 0 fully saturated rings. The zero-order valence-corrected chi connectivity index (χ0v) is 12.4. The normalized spacial score (nSPS) is 12.6. The first-order chi connectivity index (χ1) is 9.13. The quantitative estimate of drug-likeness (QED) is 0.894. The summed E-state index contributed by atoms with van der Waals surface area (Å²) in [5.74, 6) is -0.139. The summed E-state index contributed by atoms with van der Waals surface area (Å²) in [5.41, 5.74) is 4.47. The zero-order chi connectivity index (χ0) is 13.8. The Kier molecular flexibility index (Phi) is 4.66. The summed E-state index contributed by atoms with van der Waals surface area (Å²) < 4.78 is 14.3. The van der Waals surface area contributed by atoms with Gasteiger partial charge in [-0.05, 0) is 44.0 Å². The number of rotatable bonds is 5. The predicted octanol–water partition coefficient (Wildman–Crippen LogP) is 3.99. The van der Waals surface area contributed by atoms with Crippen molar-refractivity contribution in [3.63, 3.8) is 0 Å². The second-order valence-corrected chi connectivity index (χ2v) is 5.69. The third kappa shape index (κ3) is 3.19. The van der Waals surface area contributed by atoms with Gasteiger partial charge < -0.3 is 5.32 Å². The van der Waals surface area contributed by atoms with E-state index < -0.39 is 0 Å². The van der Waals surface area contributed by atoms with E-state index in [2.05, 4.69) is 17.2 Å². The van der Waals surface area contributed by atoms with Crippen molar-refractivity contribution in [1.29, 1.82) is 0 Å². The molecule has 0 bridgehead atoms. The highest BCUT2D eigenvalue weighted by Gasteiger charge is 2.21. The average molecular weight is 278 g/mol. The van der Waals surface area contributed by atoms with Gasteiger partial charge in [0.15, 0.2) is 0 Å². The molecule has 0 radical (unpaired) electrons. The summed E-state index contributed by atoms with van der Waals surface area (Å²) in [6.07, 6.45) is 2.83. The van der Waals surface area contributed by atoms with Gasteiger partial charge in [0.2, 0.25) is 0 Å². The molecule has 19 heavy (non-hydrogen) atoms. The van der Waals surface area contributed by atoms with Crippen molar-refractivity contribution in [1.82, 2.24) is 10.3 Å². The number of hydrogen-bond donors (Lipinski definition) is 1. The van der Waals surface area contributed by atoms with Crippen LogP contribution >= 0.6 is 11.3 Å². The second-order valence-electron chi connectivity index (χ2n) is 4.77. The summed E-state index contributed by atoms with van der Waals surface area (Å²) in [6.45, 7) is 6.85. The number of halogens is 1. The highest BCUT2D eigenvalue weighted by molar-refractivity contribution is 7.09. The zero-order valence-electron chi connectivity index (χ0n) is 11.5. The van der Waals surface area contributed by atoms with Gasteiger partial charge in [-0.25, -0.2) is 4.39 Å². The number of benzene rings is 1. The van der Waals surface area contributed by atoms with Crippen LogP contribution in [-0.2, 0) is 0 Å². The smallest absolute Gasteiger partial charge is 0.128 e. The van der Waals surface area contributed by atoms with E-state index in [1.807, 2.05) is 26.1 Å². The molecule has 102 valence electrons. The molecule has 1 heterocycles. The number of aromatic nitrogens is 1. The van der Waals surface area contributed by atoms with Gasteiger partial charge in [0.25, 0.3) is 0 Å². The van der Waals surface area contributed by atoms with Crippen molar-refractivity contribution in [2.45, 2.75) is 33.2 Å². The highest BCUT2D eigenvalue weighted by Crippen LogP contribution is 2.30. The first-order valence-corrected chi connectivity index (χ1v) is 7.39. The van der Waals surface area contributed by atoms with Crippen molar-refractivity contribution < 1.29 is 4.39 Å². The molecule has 2 rings (SSSR count). The van der Waals surface area contributed by atoms with Crippen molar-refractivity contribution in [3.05, 3.63) is 51.2 Å². The molecule has 0 aliphatic carbocycles. The summed E-state index contributed by atoms with van der Waals surface area (Å²) >= 11 is 1.56. The number of nitrogens with zero attached hydrogens (tertiary/aromatic N) is 1. The molecule has 0 spiro atoms. The second kappa shape index (κ2) is 6.26. The number of aryl methyl sites for hydroxylation is 2. The Morgan fingerprint density at radius 1 is 1.37 bits per heavy atom. The van der Waals surface area contributed by atoms with Crippen LogP contribution in [0.2, 0.25) is 0 Å². The van der Waals surface area contributed by atoms with Crippen LogP contribution in [-0.4, -0.2) is 11.5 Å². The van der Waals surface area contributed by atoms with E-state index >= 15 is 0 Å². The summed E-state index contributed by atoms with van der Waals surface area (Å²) in [7, 11) is 0. The fraction of sp³-hybridized carbons (Fsp3) is 0.400. The Labute approximate surface area is 117 Å². The molecule has 1 unspecified atom stereocenters. The predicted molar refractivity (Wildman–Crippen MR) is 78.1 cm³/mol. The van der Waals surface area contributed by atoms with E-state index in [0.29, 0.717) is 0 Å². The van der Waals surface area contributed by atoms with Crippen LogP contribution in [0.3, 0.4) is 0 Å². The minimum Gasteiger partial charge on any atom is -0.305 e. The molecule has 1 N–H and O–H groups in total.